The molecule has 6 rings (SSSR count). The minimum absolute atomic E-state index is 0.102. The van der Waals surface area contributed by atoms with E-state index in [1.807, 2.05) is 62.4 Å². The molecule has 1 aliphatic heterocycles. The van der Waals surface area contributed by atoms with E-state index < -0.39 is 6.04 Å². The number of para-hydroxylation sites is 1. The van der Waals surface area contributed by atoms with Crippen molar-refractivity contribution in [1.82, 2.24) is 4.90 Å². The lowest BCUT2D eigenvalue weighted by molar-refractivity contribution is -0.146. The van der Waals surface area contributed by atoms with Crippen molar-refractivity contribution in [3.63, 3.8) is 0 Å². The summed E-state index contributed by atoms with van der Waals surface area (Å²) in [6.07, 6.45) is 6.39. The number of imide groups is 1. The van der Waals surface area contributed by atoms with Gasteiger partial charge < -0.3 is 5.32 Å². The number of amides is 3. The van der Waals surface area contributed by atoms with E-state index in [0.717, 1.165) is 35.2 Å². The van der Waals surface area contributed by atoms with Gasteiger partial charge in [0.25, 0.3) is 0 Å². The molecule has 32 heavy (non-hydrogen) atoms. The van der Waals surface area contributed by atoms with Crippen LogP contribution in [0.25, 0.3) is 0 Å². The minimum atomic E-state index is -0.874. The number of aryl methyl sites for hydroxylation is 2. The number of rotatable bonds is 5. The van der Waals surface area contributed by atoms with Gasteiger partial charge in [-0.2, -0.15) is 0 Å². The zero-order valence-electron chi connectivity index (χ0n) is 18.5. The summed E-state index contributed by atoms with van der Waals surface area (Å²) in [5.41, 5.74) is 3.57. The van der Waals surface area contributed by atoms with Gasteiger partial charge in [0.15, 0.2) is 0 Å². The van der Waals surface area contributed by atoms with E-state index in [9.17, 15) is 14.4 Å². The van der Waals surface area contributed by atoms with Gasteiger partial charge in [-0.05, 0) is 55.2 Å². The zero-order chi connectivity index (χ0) is 22.4. The molecule has 5 nitrogen and oxygen atoms in total. The highest BCUT2D eigenvalue weighted by Crippen LogP contribution is 2.50. The topological polar surface area (TPSA) is 66.5 Å². The van der Waals surface area contributed by atoms with Gasteiger partial charge in [0, 0.05) is 12.1 Å². The molecule has 5 atom stereocenters. The van der Waals surface area contributed by atoms with Gasteiger partial charge in [0.05, 0.1) is 11.8 Å². The van der Waals surface area contributed by atoms with Crippen molar-refractivity contribution in [3.05, 3.63) is 77.4 Å². The van der Waals surface area contributed by atoms with Crippen molar-refractivity contribution in [3.8, 4) is 0 Å². The van der Waals surface area contributed by atoms with Crippen molar-refractivity contribution in [2.75, 3.05) is 5.32 Å². The number of hydrogen-bond acceptors (Lipinski definition) is 3. The summed E-state index contributed by atoms with van der Waals surface area (Å²) in [7, 11) is 0. The van der Waals surface area contributed by atoms with Crippen LogP contribution in [0.5, 0.6) is 0 Å². The Labute approximate surface area is 188 Å². The molecular weight excluding hydrogens is 400 g/mol. The molecule has 2 bridgehead atoms. The molecule has 2 aromatic rings. The quantitative estimate of drug-likeness (QED) is 0.577. The second kappa shape index (κ2) is 8.05. The fourth-order valence-corrected chi connectivity index (χ4v) is 5.76. The van der Waals surface area contributed by atoms with Crippen LogP contribution in [0, 0.1) is 37.5 Å². The molecule has 164 valence electrons. The first-order chi connectivity index (χ1) is 15.5. The SMILES string of the molecule is Cc1cccc(C)c1NC(=O)[C@H](Cc1ccccc1)N1C(=O)[C@@H]2[C@@H](C1=O)[C@H]1C=C[C@H]2CC1. The summed E-state index contributed by atoms with van der Waals surface area (Å²) in [5.74, 6) is -1.12. The summed E-state index contributed by atoms with van der Waals surface area (Å²) in [5, 5.41) is 3.04. The van der Waals surface area contributed by atoms with Crippen molar-refractivity contribution in [2.45, 2.75) is 39.2 Å². The number of hydrogen-bond donors (Lipinski definition) is 1. The normalized spacial score (nSPS) is 26.9. The lowest BCUT2D eigenvalue weighted by atomic mass is 9.63. The predicted molar refractivity (Wildman–Crippen MR) is 123 cm³/mol. The van der Waals surface area contributed by atoms with Gasteiger partial charge in [0.2, 0.25) is 17.7 Å². The fraction of sp³-hybridized carbons (Fsp3) is 0.370. The predicted octanol–water partition coefficient (Wildman–Crippen LogP) is 4.05. The van der Waals surface area contributed by atoms with Crippen LogP contribution in [0.15, 0.2) is 60.7 Å². The van der Waals surface area contributed by atoms with Crippen LogP contribution in [0.2, 0.25) is 0 Å². The van der Waals surface area contributed by atoms with E-state index in [0.29, 0.717) is 6.42 Å². The summed E-state index contributed by atoms with van der Waals surface area (Å²) < 4.78 is 0. The molecule has 3 aliphatic carbocycles. The Hall–Kier alpha value is -3.21. The van der Waals surface area contributed by atoms with Gasteiger partial charge in [-0.3, -0.25) is 19.3 Å². The third kappa shape index (κ3) is 3.36. The molecule has 0 radical (unpaired) electrons. The summed E-state index contributed by atoms with van der Waals surface area (Å²) in [6, 6.07) is 14.6. The van der Waals surface area contributed by atoms with Crippen molar-refractivity contribution >= 4 is 23.4 Å². The maximum atomic E-state index is 13.6. The molecule has 3 amide bonds. The van der Waals surface area contributed by atoms with E-state index in [1.54, 1.807) is 0 Å². The molecule has 4 aliphatic rings. The van der Waals surface area contributed by atoms with Crippen LogP contribution in [0.1, 0.15) is 29.5 Å². The van der Waals surface area contributed by atoms with Crippen LogP contribution >= 0.6 is 0 Å². The van der Waals surface area contributed by atoms with Crippen molar-refractivity contribution < 1.29 is 14.4 Å². The number of carbonyl (C=O) groups excluding carboxylic acids is 3. The van der Waals surface area contributed by atoms with Gasteiger partial charge in [-0.1, -0.05) is 60.7 Å². The highest BCUT2D eigenvalue weighted by molar-refractivity contribution is 6.10. The number of carbonyl (C=O) groups is 3. The second-order valence-corrected chi connectivity index (χ2v) is 9.35. The van der Waals surface area contributed by atoms with Gasteiger partial charge in [0.1, 0.15) is 6.04 Å². The maximum absolute atomic E-state index is 13.6. The van der Waals surface area contributed by atoms with Crippen LogP contribution in [-0.2, 0) is 20.8 Å². The Balaban J connectivity index is 1.50. The Morgan fingerprint density at radius 3 is 2.00 bits per heavy atom. The van der Waals surface area contributed by atoms with E-state index in [2.05, 4.69) is 17.5 Å². The van der Waals surface area contributed by atoms with Crippen LogP contribution in [0.4, 0.5) is 5.69 Å². The van der Waals surface area contributed by atoms with Crippen LogP contribution in [-0.4, -0.2) is 28.7 Å². The molecular formula is C27H28N2O3. The number of allylic oxidation sites excluding steroid dienone is 2. The third-order valence-electron chi connectivity index (χ3n) is 7.41. The molecule has 1 heterocycles. The third-order valence-corrected chi connectivity index (χ3v) is 7.41. The average Bonchev–Trinajstić information content (AvgIpc) is 3.08. The van der Waals surface area contributed by atoms with Crippen molar-refractivity contribution in [1.29, 1.82) is 0 Å². The Morgan fingerprint density at radius 2 is 1.47 bits per heavy atom. The lowest BCUT2D eigenvalue weighted by Crippen LogP contribution is -2.49. The number of benzene rings is 2. The highest BCUT2D eigenvalue weighted by Gasteiger charge is 2.58. The fourth-order valence-electron chi connectivity index (χ4n) is 5.76. The number of anilines is 1. The summed E-state index contributed by atoms with van der Waals surface area (Å²) in [4.78, 5) is 42.0. The van der Waals surface area contributed by atoms with E-state index in [4.69, 9.17) is 0 Å². The Morgan fingerprint density at radius 1 is 0.906 bits per heavy atom. The van der Waals surface area contributed by atoms with Gasteiger partial charge >= 0.3 is 0 Å². The standard InChI is InChI=1S/C27H28N2O3/c1-16-7-6-8-17(2)24(16)28-25(30)21(15-18-9-4-3-5-10-18)29-26(31)22-19-11-12-20(14-13-19)23(22)27(29)32/h3-12,19-23H,13-15H2,1-2H3,(H,28,30)/t19-,20-,21-,22-,23-/m0/s1. The largest absolute Gasteiger partial charge is 0.324 e. The monoisotopic (exact) mass is 428 g/mol. The van der Waals surface area contributed by atoms with Gasteiger partial charge in [-0.25, -0.2) is 0 Å². The number of nitrogens with zero attached hydrogens (tertiary/aromatic N) is 1. The van der Waals surface area contributed by atoms with E-state index >= 15 is 0 Å². The molecule has 0 unspecified atom stereocenters. The van der Waals surface area contributed by atoms with Crippen LogP contribution < -0.4 is 5.32 Å². The lowest BCUT2D eigenvalue weighted by Gasteiger charge is -2.38. The Kier molecular flexibility index (Phi) is 5.20. The Bertz CT molecular complexity index is 1050. The molecule has 1 saturated heterocycles. The molecule has 0 spiro atoms. The second-order valence-electron chi connectivity index (χ2n) is 9.35. The highest BCUT2D eigenvalue weighted by atomic mass is 16.2. The van der Waals surface area contributed by atoms with Crippen molar-refractivity contribution in [2.24, 2.45) is 23.7 Å². The summed E-state index contributed by atoms with van der Waals surface area (Å²) in [6.45, 7) is 3.89. The molecule has 1 N–H and O–H groups in total. The molecule has 2 aromatic carbocycles. The van der Waals surface area contributed by atoms with Crippen LogP contribution in [0.3, 0.4) is 0 Å². The molecule has 1 saturated carbocycles. The number of likely N-dealkylation sites (tertiary alicyclic amines) is 1. The summed E-state index contributed by atoms with van der Waals surface area (Å²) >= 11 is 0. The minimum Gasteiger partial charge on any atom is -0.324 e. The number of fused-ring (bicyclic) bond motifs is 1. The molecule has 2 fully saturated rings. The molecule has 0 aromatic heterocycles. The van der Waals surface area contributed by atoms with E-state index in [1.165, 1.54) is 4.90 Å². The molecule has 5 heteroatoms. The first-order valence-electron chi connectivity index (χ1n) is 11.4. The first-order valence-corrected chi connectivity index (χ1v) is 11.4. The maximum Gasteiger partial charge on any atom is 0.248 e. The smallest absolute Gasteiger partial charge is 0.248 e. The zero-order valence-corrected chi connectivity index (χ0v) is 18.5. The van der Waals surface area contributed by atoms with Gasteiger partial charge in [-0.15, -0.1) is 0 Å². The number of nitrogens with one attached hydrogen (secondary N) is 1. The van der Waals surface area contributed by atoms with E-state index in [-0.39, 0.29) is 41.4 Å². The first kappa shape index (κ1) is 20.7. The average molecular weight is 429 g/mol.